The zero-order valence-electron chi connectivity index (χ0n) is 23.2. The smallest absolute Gasteiger partial charge is 0.271 e. The Bertz CT molecular complexity index is 2060. The van der Waals surface area contributed by atoms with Crippen molar-refractivity contribution in [3.05, 3.63) is 155 Å². The van der Waals surface area contributed by atoms with E-state index in [1.807, 2.05) is 60.7 Å². The highest BCUT2D eigenvalue weighted by atomic mass is 35.5. The summed E-state index contributed by atoms with van der Waals surface area (Å²) in [4.78, 5) is 19.7. The average Bonchev–Trinajstić information content (AvgIpc) is 3.34. The SMILES string of the molecule is COc1cc(/C=c2/sc3n(c2=O)[C@H](c2ccc(F)cc2)C2=C(N=3)c3ccccc3CC2)ccc1OCc1ccc(Cl)cc1. The molecule has 0 saturated heterocycles. The summed E-state index contributed by atoms with van der Waals surface area (Å²) in [6.07, 6.45) is 3.49. The molecule has 1 aliphatic heterocycles. The van der Waals surface area contributed by atoms with Crippen molar-refractivity contribution < 1.29 is 13.9 Å². The number of fused-ring (bicyclic) bond motifs is 3. The number of rotatable bonds is 6. The summed E-state index contributed by atoms with van der Waals surface area (Å²) in [5, 5.41) is 0.671. The van der Waals surface area contributed by atoms with Gasteiger partial charge in [0, 0.05) is 10.6 Å². The van der Waals surface area contributed by atoms with Gasteiger partial charge in [0.15, 0.2) is 16.3 Å². The van der Waals surface area contributed by atoms with Gasteiger partial charge in [0.05, 0.1) is 23.4 Å². The van der Waals surface area contributed by atoms with Crippen molar-refractivity contribution >= 4 is 34.7 Å². The van der Waals surface area contributed by atoms with Crippen LogP contribution >= 0.6 is 22.9 Å². The van der Waals surface area contributed by atoms with Crippen LogP contribution in [0.1, 0.15) is 40.3 Å². The molecule has 1 atom stereocenters. The normalized spacial score (nSPS) is 15.8. The van der Waals surface area contributed by atoms with Gasteiger partial charge in [-0.2, -0.15) is 0 Å². The molecule has 2 aliphatic rings. The van der Waals surface area contributed by atoms with E-state index in [2.05, 4.69) is 12.1 Å². The maximum absolute atomic E-state index is 14.0. The second kappa shape index (κ2) is 11.3. The summed E-state index contributed by atoms with van der Waals surface area (Å²) in [6, 6.07) is 27.4. The monoisotopic (exact) mass is 608 g/mol. The molecule has 43 heavy (non-hydrogen) atoms. The molecule has 0 radical (unpaired) electrons. The number of thiazole rings is 1. The summed E-state index contributed by atoms with van der Waals surface area (Å²) in [6.45, 7) is 0.364. The number of halogens is 2. The number of allylic oxidation sites excluding steroid dienone is 1. The van der Waals surface area contributed by atoms with Crippen molar-refractivity contribution in [2.45, 2.75) is 25.5 Å². The average molecular weight is 609 g/mol. The molecule has 0 unspecified atom stereocenters. The van der Waals surface area contributed by atoms with E-state index < -0.39 is 0 Å². The molecule has 1 aliphatic carbocycles. The van der Waals surface area contributed by atoms with Crippen molar-refractivity contribution in [2.75, 3.05) is 7.11 Å². The minimum absolute atomic E-state index is 0.134. The van der Waals surface area contributed by atoms with Gasteiger partial charge in [-0.15, -0.1) is 0 Å². The number of benzene rings is 4. The minimum Gasteiger partial charge on any atom is -0.493 e. The lowest BCUT2D eigenvalue weighted by Crippen LogP contribution is -2.38. The van der Waals surface area contributed by atoms with Crippen LogP contribution in [0.5, 0.6) is 11.5 Å². The van der Waals surface area contributed by atoms with Gasteiger partial charge in [0.2, 0.25) is 0 Å². The van der Waals surface area contributed by atoms with E-state index in [1.165, 1.54) is 29.0 Å². The van der Waals surface area contributed by atoms with Crippen LogP contribution in [0.2, 0.25) is 5.02 Å². The molecule has 8 heteroatoms. The van der Waals surface area contributed by atoms with Gasteiger partial charge in [-0.05, 0) is 83.1 Å². The van der Waals surface area contributed by atoms with E-state index in [4.69, 9.17) is 26.1 Å². The fourth-order valence-electron chi connectivity index (χ4n) is 5.75. The number of hydrogen-bond donors (Lipinski definition) is 0. The Morgan fingerprint density at radius 1 is 1.00 bits per heavy atom. The third-order valence-electron chi connectivity index (χ3n) is 7.85. The molecule has 1 aromatic heterocycles. The fourth-order valence-corrected chi connectivity index (χ4v) is 6.88. The highest BCUT2D eigenvalue weighted by molar-refractivity contribution is 7.07. The predicted molar refractivity (Wildman–Crippen MR) is 168 cm³/mol. The second-order valence-electron chi connectivity index (χ2n) is 10.5. The molecule has 5 aromatic rings. The van der Waals surface area contributed by atoms with Crippen molar-refractivity contribution in [1.82, 2.24) is 4.57 Å². The van der Waals surface area contributed by atoms with Crippen LogP contribution < -0.4 is 24.4 Å². The molecule has 7 rings (SSSR count). The Hall–Kier alpha value is -4.46. The number of aryl methyl sites for hydroxylation is 1. The van der Waals surface area contributed by atoms with E-state index >= 15 is 0 Å². The Balaban J connectivity index is 1.30. The third-order valence-corrected chi connectivity index (χ3v) is 9.09. The Morgan fingerprint density at radius 2 is 1.79 bits per heavy atom. The maximum Gasteiger partial charge on any atom is 0.271 e. The first-order chi connectivity index (χ1) is 21.0. The van der Waals surface area contributed by atoms with Crippen LogP contribution in [0.25, 0.3) is 11.8 Å². The second-order valence-corrected chi connectivity index (χ2v) is 11.9. The lowest BCUT2D eigenvalue weighted by molar-refractivity contribution is 0.284. The van der Waals surface area contributed by atoms with Gasteiger partial charge in [-0.3, -0.25) is 9.36 Å². The van der Waals surface area contributed by atoms with Crippen LogP contribution in [0.3, 0.4) is 0 Å². The summed E-state index contributed by atoms with van der Waals surface area (Å²) in [5.41, 5.74) is 6.83. The van der Waals surface area contributed by atoms with Crippen LogP contribution in [-0.2, 0) is 13.0 Å². The standard InChI is InChI=1S/C35H26ClFN2O3S/c1-41-30-18-22(8-17-29(30)42-20-21-6-12-25(36)13-7-21)19-31-34(40)39-33(24-9-14-26(37)15-10-24)28-16-11-23-4-2-3-5-27(23)32(28)38-35(39)43-31/h2-10,12-15,17-19,33H,11,16,20H2,1H3/b31-19+/t33-/m1/s1. The van der Waals surface area contributed by atoms with E-state index in [-0.39, 0.29) is 17.4 Å². The highest BCUT2D eigenvalue weighted by Crippen LogP contribution is 2.41. The van der Waals surface area contributed by atoms with Crippen LogP contribution in [0.15, 0.2) is 106 Å². The lowest BCUT2D eigenvalue weighted by atomic mass is 9.83. The Kier molecular flexibility index (Phi) is 7.21. The van der Waals surface area contributed by atoms with E-state index in [1.54, 1.807) is 23.8 Å². The van der Waals surface area contributed by atoms with Crippen molar-refractivity contribution in [3.8, 4) is 11.5 Å². The molecule has 0 fully saturated rings. The molecule has 4 aromatic carbocycles. The number of methoxy groups -OCH3 is 1. The first-order valence-electron chi connectivity index (χ1n) is 13.9. The molecule has 0 bridgehead atoms. The minimum atomic E-state index is -0.361. The predicted octanol–water partition coefficient (Wildman–Crippen LogP) is 6.70. The lowest BCUT2D eigenvalue weighted by Gasteiger charge is -2.30. The number of hydrogen-bond acceptors (Lipinski definition) is 5. The molecule has 0 N–H and O–H groups in total. The van der Waals surface area contributed by atoms with Crippen molar-refractivity contribution in [3.63, 3.8) is 0 Å². The zero-order valence-corrected chi connectivity index (χ0v) is 24.8. The number of ether oxygens (including phenoxy) is 2. The summed E-state index contributed by atoms with van der Waals surface area (Å²) in [5.74, 6) is 0.847. The largest absolute Gasteiger partial charge is 0.493 e. The van der Waals surface area contributed by atoms with Gasteiger partial charge in [-0.25, -0.2) is 9.38 Å². The molecule has 0 saturated carbocycles. The molecule has 0 spiro atoms. The quantitative estimate of drug-likeness (QED) is 0.216. The summed E-state index contributed by atoms with van der Waals surface area (Å²) >= 11 is 7.34. The van der Waals surface area contributed by atoms with Gasteiger partial charge in [0.1, 0.15) is 12.4 Å². The molecule has 214 valence electrons. The Labute approximate surface area is 256 Å². The van der Waals surface area contributed by atoms with Gasteiger partial charge < -0.3 is 9.47 Å². The molecule has 2 heterocycles. The van der Waals surface area contributed by atoms with Crippen LogP contribution in [0, 0.1) is 5.82 Å². The van der Waals surface area contributed by atoms with Gasteiger partial charge in [-0.1, -0.05) is 77.5 Å². The van der Waals surface area contributed by atoms with Gasteiger partial charge >= 0.3 is 0 Å². The Morgan fingerprint density at radius 3 is 2.58 bits per heavy atom. The molecule has 0 amide bonds. The topological polar surface area (TPSA) is 52.8 Å². The van der Waals surface area contributed by atoms with Crippen molar-refractivity contribution in [2.24, 2.45) is 4.99 Å². The molecular weight excluding hydrogens is 583 g/mol. The number of aromatic nitrogens is 1. The maximum atomic E-state index is 14.0. The van der Waals surface area contributed by atoms with Crippen molar-refractivity contribution in [1.29, 1.82) is 0 Å². The van der Waals surface area contributed by atoms with Crippen LogP contribution in [-0.4, -0.2) is 11.7 Å². The number of nitrogens with zero attached hydrogens (tertiary/aromatic N) is 2. The first-order valence-corrected chi connectivity index (χ1v) is 15.1. The van der Waals surface area contributed by atoms with E-state index in [9.17, 15) is 9.18 Å². The van der Waals surface area contributed by atoms with E-state index in [0.29, 0.717) is 32.5 Å². The summed E-state index contributed by atoms with van der Waals surface area (Å²) < 4.78 is 27.9. The van der Waals surface area contributed by atoms with Gasteiger partial charge in [0.25, 0.3) is 5.56 Å². The third kappa shape index (κ3) is 5.19. The zero-order chi connectivity index (χ0) is 29.5. The van der Waals surface area contributed by atoms with Crippen LogP contribution in [0.4, 0.5) is 4.39 Å². The summed E-state index contributed by atoms with van der Waals surface area (Å²) in [7, 11) is 1.59. The fraction of sp³-hybridized carbons (Fsp3) is 0.143. The first kappa shape index (κ1) is 27.4. The molecule has 5 nitrogen and oxygen atoms in total. The highest BCUT2D eigenvalue weighted by Gasteiger charge is 2.32. The van der Waals surface area contributed by atoms with E-state index in [0.717, 1.165) is 46.4 Å². The molecular formula is C35H26ClFN2O3S.